The standard InChI is InChI=1S/C15H23BrIN/c1-5-18-15(11(4)8-10(2)3)13-9-12(16)6-7-14(13)17/h6-7,9-11,15,18H,5,8H2,1-4H3. The Kier molecular flexibility index (Phi) is 7.17. The minimum atomic E-state index is 0.446. The van der Waals surface area contributed by atoms with Gasteiger partial charge in [0.05, 0.1) is 0 Å². The van der Waals surface area contributed by atoms with E-state index in [0.29, 0.717) is 12.0 Å². The van der Waals surface area contributed by atoms with Gasteiger partial charge in [0.15, 0.2) is 0 Å². The van der Waals surface area contributed by atoms with E-state index in [9.17, 15) is 0 Å². The fraction of sp³-hybridized carbons (Fsp3) is 0.600. The molecule has 2 atom stereocenters. The summed E-state index contributed by atoms with van der Waals surface area (Å²) >= 11 is 6.02. The number of nitrogens with one attached hydrogen (secondary N) is 1. The van der Waals surface area contributed by atoms with E-state index in [1.54, 1.807) is 0 Å². The maximum Gasteiger partial charge on any atom is 0.0356 e. The van der Waals surface area contributed by atoms with E-state index < -0.39 is 0 Å². The zero-order valence-corrected chi connectivity index (χ0v) is 15.4. The van der Waals surface area contributed by atoms with Gasteiger partial charge in [0, 0.05) is 14.1 Å². The Balaban J connectivity index is 2.99. The molecule has 0 heterocycles. The third-order valence-corrected chi connectivity index (χ3v) is 4.61. The van der Waals surface area contributed by atoms with Crippen LogP contribution in [-0.4, -0.2) is 6.54 Å². The monoisotopic (exact) mass is 423 g/mol. The Labute approximate surface area is 133 Å². The van der Waals surface area contributed by atoms with Gasteiger partial charge in [0.2, 0.25) is 0 Å². The van der Waals surface area contributed by atoms with Gasteiger partial charge >= 0.3 is 0 Å². The smallest absolute Gasteiger partial charge is 0.0356 e. The topological polar surface area (TPSA) is 12.0 Å². The molecular weight excluding hydrogens is 401 g/mol. The molecular formula is C15H23BrIN. The van der Waals surface area contributed by atoms with Gasteiger partial charge in [-0.3, -0.25) is 0 Å². The van der Waals surface area contributed by atoms with E-state index in [2.05, 4.69) is 89.7 Å². The zero-order valence-electron chi connectivity index (χ0n) is 11.6. The predicted octanol–water partition coefficient (Wildman–Crippen LogP) is 5.39. The third kappa shape index (κ3) is 4.82. The van der Waals surface area contributed by atoms with Crippen molar-refractivity contribution in [2.45, 2.75) is 40.2 Å². The van der Waals surface area contributed by atoms with Gasteiger partial charge in [-0.1, -0.05) is 43.6 Å². The first-order valence-electron chi connectivity index (χ1n) is 6.64. The molecule has 0 bridgehead atoms. The highest BCUT2D eigenvalue weighted by Crippen LogP contribution is 2.31. The maximum absolute atomic E-state index is 3.65. The first-order chi connectivity index (χ1) is 8.45. The van der Waals surface area contributed by atoms with E-state index >= 15 is 0 Å². The van der Waals surface area contributed by atoms with Crippen molar-refractivity contribution < 1.29 is 0 Å². The van der Waals surface area contributed by atoms with E-state index in [-0.39, 0.29) is 0 Å². The lowest BCUT2D eigenvalue weighted by molar-refractivity contribution is 0.332. The summed E-state index contributed by atoms with van der Waals surface area (Å²) in [6, 6.07) is 7.00. The average molecular weight is 424 g/mol. The molecule has 0 aliphatic carbocycles. The van der Waals surface area contributed by atoms with Crippen molar-refractivity contribution in [2.75, 3.05) is 6.54 Å². The fourth-order valence-corrected chi connectivity index (χ4v) is 3.52. The summed E-state index contributed by atoms with van der Waals surface area (Å²) in [5.41, 5.74) is 1.42. The van der Waals surface area contributed by atoms with Crippen LogP contribution in [0.3, 0.4) is 0 Å². The van der Waals surface area contributed by atoms with Gasteiger partial charge in [-0.2, -0.15) is 0 Å². The average Bonchev–Trinajstić information content (AvgIpc) is 2.28. The van der Waals surface area contributed by atoms with Crippen LogP contribution in [0.5, 0.6) is 0 Å². The SMILES string of the molecule is CCNC(c1cc(Br)ccc1I)C(C)CC(C)C. The molecule has 0 amide bonds. The molecule has 0 spiro atoms. The van der Waals surface area contributed by atoms with Gasteiger partial charge in [-0.25, -0.2) is 0 Å². The highest BCUT2D eigenvalue weighted by Gasteiger charge is 2.21. The van der Waals surface area contributed by atoms with Crippen LogP contribution in [-0.2, 0) is 0 Å². The summed E-state index contributed by atoms with van der Waals surface area (Å²) in [7, 11) is 0. The van der Waals surface area contributed by atoms with Crippen molar-refractivity contribution in [1.29, 1.82) is 0 Å². The lowest BCUT2D eigenvalue weighted by Crippen LogP contribution is -2.28. The van der Waals surface area contributed by atoms with Crippen molar-refractivity contribution in [2.24, 2.45) is 11.8 Å². The first-order valence-corrected chi connectivity index (χ1v) is 8.51. The molecule has 18 heavy (non-hydrogen) atoms. The molecule has 1 nitrogen and oxygen atoms in total. The van der Waals surface area contributed by atoms with E-state index in [1.165, 1.54) is 15.6 Å². The summed E-state index contributed by atoms with van der Waals surface area (Å²) in [5, 5.41) is 3.65. The third-order valence-electron chi connectivity index (χ3n) is 3.13. The van der Waals surface area contributed by atoms with Crippen LogP contribution in [0.1, 0.15) is 45.7 Å². The molecule has 0 saturated carbocycles. The maximum atomic E-state index is 3.65. The highest BCUT2D eigenvalue weighted by atomic mass is 127. The fourth-order valence-electron chi connectivity index (χ4n) is 2.47. The molecule has 0 radical (unpaired) electrons. The molecule has 1 N–H and O–H groups in total. The second-order valence-corrected chi connectivity index (χ2v) is 7.39. The number of hydrogen-bond acceptors (Lipinski definition) is 1. The zero-order chi connectivity index (χ0) is 13.7. The second-order valence-electron chi connectivity index (χ2n) is 5.31. The number of halogens is 2. The first kappa shape index (κ1) is 16.4. The van der Waals surface area contributed by atoms with Crippen molar-refractivity contribution in [3.63, 3.8) is 0 Å². The van der Waals surface area contributed by atoms with Crippen molar-refractivity contribution in [1.82, 2.24) is 5.32 Å². The molecule has 0 aliphatic rings. The van der Waals surface area contributed by atoms with Crippen molar-refractivity contribution >= 4 is 38.5 Å². The van der Waals surface area contributed by atoms with Gasteiger partial charge in [0.25, 0.3) is 0 Å². The van der Waals surface area contributed by atoms with Gasteiger partial charge in [-0.15, -0.1) is 0 Å². The van der Waals surface area contributed by atoms with Crippen LogP contribution in [0.4, 0.5) is 0 Å². The highest BCUT2D eigenvalue weighted by molar-refractivity contribution is 14.1. The summed E-state index contributed by atoms with van der Waals surface area (Å²) in [6.07, 6.45) is 1.25. The van der Waals surface area contributed by atoms with E-state index in [0.717, 1.165) is 16.9 Å². The lowest BCUT2D eigenvalue weighted by Gasteiger charge is -2.27. The number of hydrogen-bond donors (Lipinski definition) is 1. The van der Waals surface area contributed by atoms with Crippen LogP contribution < -0.4 is 5.32 Å². The predicted molar refractivity (Wildman–Crippen MR) is 91.9 cm³/mol. The Hall–Kier alpha value is 0.390. The van der Waals surface area contributed by atoms with Crippen molar-refractivity contribution in [3.8, 4) is 0 Å². The molecule has 0 fully saturated rings. The van der Waals surface area contributed by atoms with Crippen LogP contribution in [0, 0.1) is 15.4 Å². The molecule has 3 heteroatoms. The molecule has 0 aromatic heterocycles. The van der Waals surface area contributed by atoms with Gasteiger partial charge in [0.1, 0.15) is 0 Å². The summed E-state index contributed by atoms with van der Waals surface area (Å²) in [4.78, 5) is 0. The summed E-state index contributed by atoms with van der Waals surface area (Å²) in [6.45, 7) is 10.1. The Morgan fingerprint density at radius 3 is 2.50 bits per heavy atom. The van der Waals surface area contributed by atoms with Crippen LogP contribution in [0.25, 0.3) is 0 Å². The molecule has 1 aromatic carbocycles. The Morgan fingerprint density at radius 2 is 1.94 bits per heavy atom. The van der Waals surface area contributed by atoms with E-state index in [4.69, 9.17) is 0 Å². The Bertz CT molecular complexity index is 379. The Morgan fingerprint density at radius 1 is 1.28 bits per heavy atom. The van der Waals surface area contributed by atoms with Gasteiger partial charge in [-0.05, 0) is 71.2 Å². The number of benzene rings is 1. The normalized spacial score (nSPS) is 14.8. The minimum Gasteiger partial charge on any atom is -0.310 e. The molecule has 1 aromatic rings. The number of rotatable bonds is 6. The van der Waals surface area contributed by atoms with Crippen LogP contribution in [0.15, 0.2) is 22.7 Å². The van der Waals surface area contributed by atoms with Crippen LogP contribution >= 0.6 is 38.5 Å². The van der Waals surface area contributed by atoms with E-state index in [1.807, 2.05) is 0 Å². The molecule has 0 aliphatic heterocycles. The molecule has 102 valence electrons. The second kappa shape index (κ2) is 7.85. The summed E-state index contributed by atoms with van der Waals surface area (Å²) in [5.74, 6) is 1.39. The molecule has 2 unspecified atom stereocenters. The minimum absolute atomic E-state index is 0.446. The van der Waals surface area contributed by atoms with Crippen LogP contribution in [0.2, 0.25) is 0 Å². The molecule has 1 rings (SSSR count). The van der Waals surface area contributed by atoms with Crippen molar-refractivity contribution in [3.05, 3.63) is 31.8 Å². The summed E-state index contributed by atoms with van der Waals surface area (Å²) < 4.78 is 2.51. The largest absolute Gasteiger partial charge is 0.310 e. The lowest BCUT2D eigenvalue weighted by atomic mass is 9.88. The molecule has 0 saturated heterocycles. The van der Waals surface area contributed by atoms with Gasteiger partial charge < -0.3 is 5.32 Å². The quantitative estimate of drug-likeness (QED) is 0.605.